The van der Waals surface area contributed by atoms with E-state index >= 15 is 0 Å². The van der Waals surface area contributed by atoms with Crippen LogP contribution in [0, 0.1) is 0 Å². The quantitative estimate of drug-likeness (QED) is 0.598. The number of rotatable bonds is 3. The summed E-state index contributed by atoms with van der Waals surface area (Å²) in [6.45, 7) is 0. The van der Waals surface area contributed by atoms with Crippen molar-refractivity contribution in [3.63, 3.8) is 0 Å². The Morgan fingerprint density at radius 2 is 1.62 bits per heavy atom. The van der Waals surface area contributed by atoms with Crippen molar-refractivity contribution in [2.45, 2.75) is 0 Å². The van der Waals surface area contributed by atoms with E-state index in [1.165, 1.54) is 9.24 Å². The molecule has 13 heavy (non-hydrogen) atoms. The van der Waals surface area contributed by atoms with Gasteiger partial charge in [-0.1, -0.05) is 0 Å². The predicted molar refractivity (Wildman–Crippen MR) is 57.8 cm³/mol. The van der Waals surface area contributed by atoms with Gasteiger partial charge in [-0.3, -0.25) is 0 Å². The Morgan fingerprint density at radius 1 is 1.08 bits per heavy atom. The van der Waals surface area contributed by atoms with Gasteiger partial charge in [0.25, 0.3) is 0 Å². The Labute approximate surface area is 92.5 Å². The first-order chi connectivity index (χ1) is 6.13. The van der Waals surface area contributed by atoms with Crippen LogP contribution in [0.2, 0.25) is 0 Å². The molecule has 0 saturated heterocycles. The molecule has 0 bridgehead atoms. The fourth-order valence-corrected chi connectivity index (χ4v) is 1.80. The van der Waals surface area contributed by atoms with Crippen LogP contribution in [0.15, 0.2) is 30.3 Å². The molecule has 0 saturated carbocycles. The summed E-state index contributed by atoms with van der Waals surface area (Å²) in [6, 6.07) is 10.4. The SMILES string of the molecule is CN(C)N(C)C(=[Te])c1ccccc1. The summed E-state index contributed by atoms with van der Waals surface area (Å²) in [5, 5.41) is 4.19. The van der Waals surface area contributed by atoms with E-state index in [0.717, 1.165) is 0 Å². The molecule has 3 heteroatoms. The van der Waals surface area contributed by atoms with Gasteiger partial charge in [-0.2, -0.15) is 0 Å². The fourth-order valence-electron chi connectivity index (χ4n) is 0.949. The number of benzene rings is 1. The first kappa shape index (κ1) is 10.7. The molecule has 1 aromatic carbocycles. The van der Waals surface area contributed by atoms with Gasteiger partial charge in [-0.05, 0) is 0 Å². The van der Waals surface area contributed by atoms with E-state index in [4.69, 9.17) is 0 Å². The third-order valence-electron chi connectivity index (χ3n) is 1.91. The van der Waals surface area contributed by atoms with Crippen LogP contribution in [-0.4, -0.2) is 56.7 Å². The zero-order valence-electron chi connectivity index (χ0n) is 8.19. The predicted octanol–water partition coefficient (Wildman–Crippen LogP) is 0.741. The van der Waals surface area contributed by atoms with Crippen molar-refractivity contribution >= 4 is 25.5 Å². The summed E-state index contributed by atoms with van der Waals surface area (Å²) in [6.07, 6.45) is 0. The van der Waals surface area contributed by atoms with Gasteiger partial charge in [0.05, 0.1) is 0 Å². The van der Waals surface area contributed by atoms with Gasteiger partial charge < -0.3 is 0 Å². The fraction of sp³-hybridized carbons (Fsp3) is 0.300. The molecule has 0 N–H and O–H groups in total. The molecular formula is C10H14N2Te. The Kier molecular flexibility index (Phi) is 3.92. The molecule has 70 valence electrons. The van der Waals surface area contributed by atoms with E-state index < -0.39 is 0 Å². The van der Waals surface area contributed by atoms with E-state index in [0.29, 0.717) is 0 Å². The summed E-state index contributed by atoms with van der Waals surface area (Å²) in [7, 11) is 6.13. The van der Waals surface area contributed by atoms with Gasteiger partial charge in [-0.15, -0.1) is 0 Å². The third kappa shape index (κ3) is 2.80. The summed E-state index contributed by atoms with van der Waals surface area (Å²) in [5.74, 6) is 0. The minimum atomic E-state index is 1.27. The molecule has 0 fully saturated rings. The summed E-state index contributed by atoms with van der Waals surface area (Å²) < 4.78 is 1.27. The van der Waals surface area contributed by atoms with Crippen molar-refractivity contribution in [2.24, 2.45) is 0 Å². The maximum atomic E-state index is 2.12. The second-order valence-corrected chi connectivity index (χ2v) is 4.15. The second-order valence-electron chi connectivity index (χ2n) is 3.04. The molecule has 0 atom stereocenters. The minimum absolute atomic E-state index is 1.27. The average molecular weight is 290 g/mol. The Bertz CT molecular complexity index is 282. The van der Waals surface area contributed by atoms with Crippen LogP contribution in [0.3, 0.4) is 0 Å². The van der Waals surface area contributed by atoms with Crippen LogP contribution >= 0.6 is 0 Å². The van der Waals surface area contributed by atoms with Crippen molar-refractivity contribution in [1.82, 2.24) is 10.0 Å². The number of hydrazine groups is 1. The average Bonchev–Trinajstić information content (AvgIpc) is 2.17. The molecule has 1 aromatic rings. The third-order valence-corrected chi connectivity index (χ3v) is 3.34. The van der Waals surface area contributed by atoms with Gasteiger partial charge in [-0.25, -0.2) is 0 Å². The molecule has 0 spiro atoms. The molecule has 0 amide bonds. The van der Waals surface area contributed by atoms with Gasteiger partial charge in [0.15, 0.2) is 0 Å². The van der Waals surface area contributed by atoms with Crippen LogP contribution < -0.4 is 0 Å². The van der Waals surface area contributed by atoms with E-state index in [-0.39, 0.29) is 0 Å². The maximum absolute atomic E-state index is 2.12. The molecule has 0 heterocycles. The van der Waals surface area contributed by atoms with Crippen molar-refractivity contribution in [2.75, 3.05) is 21.1 Å². The van der Waals surface area contributed by atoms with E-state index in [2.05, 4.69) is 41.3 Å². The number of hydrogen-bond acceptors (Lipinski definition) is 2. The second kappa shape index (κ2) is 4.76. The van der Waals surface area contributed by atoms with Gasteiger partial charge >= 0.3 is 92.6 Å². The molecule has 2 nitrogen and oxygen atoms in total. The normalized spacial score (nSPS) is 10.2. The Balaban J connectivity index is 2.80. The number of hydrogen-bond donors (Lipinski definition) is 0. The van der Waals surface area contributed by atoms with Crippen molar-refractivity contribution in [1.29, 1.82) is 0 Å². The Hall–Kier alpha value is -0.360. The molecule has 0 aliphatic rings. The first-order valence-corrected chi connectivity index (χ1v) is 5.30. The molecule has 1 rings (SSSR count). The molecule has 0 unspecified atom stereocenters. The van der Waals surface area contributed by atoms with Gasteiger partial charge in [0, 0.05) is 0 Å². The summed E-state index contributed by atoms with van der Waals surface area (Å²) in [5.41, 5.74) is 1.27. The van der Waals surface area contributed by atoms with Crippen molar-refractivity contribution in [3.05, 3.63) is 35.9 Å². The number of nitrogens with zero attached hydrogens (tertiary/aromatic N) is 2. The first-order valence-electron chi connectivity index (χ1n) is 4.13. The zero-order chi connectivity index (χ0) is 9.84. The van der Waals surface area contributed by atoms with Crippen molar-refractivity contribution in [3.8, 4) is 0 Å². The Morgan fingerprint density at radius 3 is 2.08 bits per heavy atom. The molecule has 0 aliphatic heterocycles. The van der Waals surface area contributed by atoms with Crippen LogP contribution in [0.1, 0.15) is 5.56 Å². The molecule has 0 aliphatic carbocycles. The van der Waals surface area contributed by atoms with Gasteiger partial charge in [0.1, 0.15) is 0 Å². The van der Waals surface area contributed by atoms with Crippen molar-refractivity contribution < 1.29 is 0 Å². The molecule has 0 aromatic heterocycles. The van der Waals surface area contributed by atoms with Crippen LogP contribution in [0.4, 0.5) is 0 Å². The van der Waals surface area contributed by atoms with E-state index in [9.17, 15) is 0 Å². The summed E-state index contributed by atoms with van der Waals surface area (Å²) >= 11 is 2.04. The summed E-state index contributed by atoms with van der Waals surface area (Å²) in [4.78, 5) is 0. The molecular weight excluding hydrogens is 276 g/mol. The van der Waals surface area contributed by atoms with E-state index in [1.807, 2.05) is 42.0 Å². The van der Waals surface area contributed by atoms with Crippen LogP contribution in [0.25, 0.3) is 0 Å². The van der Waals surface area contributed by atoms with E-state index in [1.54, 1.807) is 0 Å². The zero-order valence-corrected chi connectivity index (χ0v) is 10.5. The monoisotopic (exact) mass is 292 g/mol. The van der Waals surface area contributed by atoms with Crippen LogP contribution in [0.5, 0.6) is 0 Å². The molecule has 0 radical (unpaired) electrons. The van der Waals surface area contributed by atoms with Gasteiger partial charge in [0.2, 0.25) is 0 Å². The van der Waals surface area contributed by atoms with Crippen LogP contribution in [-0.2, 0) is 0 Å². The topological polar surface area (TPSA) is 6.48 Å². The standard InChI is InChI=1S/C10H14N2Te/c1-11(2)12(3)10(13)9-7-5-4-6-8-9/h4-8H,1-3H3.